The number of hydrogen-bond acceptors (Lipinski definition) is 2. The summed E-state index contributed by atoms with van der Waals surface area (Å²) < 4.78 is 6.54. The van der Waals surface area contributed by atoms with Crippen LogP contribution in [-0.4, -0.2) is 10.9 Å². The van der Waals surface area contributed by atoms with E-state index in [1.807, 2.05) is 49.4 Å². The monoisotopic (exact) mass is 368 g/mol. The maximum atomic E-state index is 12.4. The first-order valence-electron chi connectivity index (χ1n) is 7.18. The molecule has 0 bridgehead atoms. The molecule has 5 heteroatoms. The molecular formula is C18H13BrN2O2. The van der Waals surface area contributed by atoms with E-state index in [0.29, 0.717) is 11.3 Å². The van der Waals surface area contributed by atoms with Crippen molar-refractivity contribution in [3.8, 4) is 0 Å². The zero-order valence-corrected chi connectivity index (χ0v) is 13.9. The molecular weight excluding hydrogens is 356 g/mol. The summed E-state index contributed by atoms with van der Waals surface area (Å²) in [4.78, 5) is 15.6. The molecule has 0 aliphatic heterocycles. The van der Waals surface area contributed by atoms with Crippen LogP contribution in [0.3, 0.4) is 0 Å². The molecule has 0 unspecified atom stereocenters. The molecule has 0 fully saturated rings. The lowest BCUT2D eigenvalue weighted by Gasteiger charge is -2.03. The van der Waals surface area contributed by atoms with Crippen molar-refractivity contribution in [2.45, 2.75) is 6.92 Å². The predicted molar refractivity (Wildman–Crippen MR) is 94.9 cm³/mol. The number of aromatic nitrogens is 1. The fourth-order valence-electron chi connectivity index (χ4n) is 2.67. The van der Waals surface area contributed by atoms with Gasteiger partial charge < -0.3 is 14.7 Å². The maximum Gasteiger partial charge on any atom is 0.291 e. The van der Waals surface area contributed by atoms with Crippen molar-refractivity contribution in [1.82, 2.24) is 4.98 Å². The Morgan fingerprint density at radius 1 is 1.09 bits per heavy atom. The van der Waals surface area contributed by atoms with E-state index in [1.165, 1.54) is 0 Å². The number of carbonyl (C=O) groups is 1. The third-order valence-corrected chi connectivity index (χ3v) is 4.21. The average Bonchev–Trinajstić information content (AvgIpc) is 3.08. The number of aromatic amines is 1. The molecule has 2 heterocycles. The van der Waals surface area contributed by atoms with Crippen LogP contribution in [0.4, 0.5) is 5.69 Å². The number of fused-ring (bicyclic) bond motifs is 2. The molecule has 0 saturated carbocycles. The van der Waals surface area contributed by atoms with Gasteiger partial charge in [-0.3, -0.25) is 4.79 Å². The van der Waals surface area contributed by atoms with Crippen LogP contribution in [0.5, 0.6) is 0 Å². The Hall–Kier alpha value is -2.53. The van der Waals surface area contributed by atoms with Gasteiger partial charge in [0, 0.05) is 32.1 Å². The molecule has 0 spiro atoms. The van der Waals surface area contributed by atoms with Crippen molar-refractivity contribution in [3.63, 3.8) is 0 Å². The van der Waals surface area contributed by atoms with Crippen LogP contribution in [0.1, 0.15) is 16.2 Å². The zero-order valence-electron chi connectivity index (χ0n) is 12.3. The van der Waals surface area contributed by atoms with Crippen LogP contribution in [0, 0.1) is 6.92 Å². The number of aryl methyl sites for hydroxylation is 1. The number of halogens is 1. The molecule has 2 aromatic carbocycles. The summed E-state index contributed by atoms with van der Waals surface area (Å²) in [5.41, 5.74) is 3.56. The number of rotatable bonds is 2. The van der Waals surface area contributed by atoms with E-state index in [4.69, 9.17) is 4.42 Å². The predicted octanol–water partition coefficient (Wildman–Crippen LogP) is 5.24. The Morgan fingerprint density at radius 2 is 1.96 bits per heavy atom. The second-order valence-electron chi connectivity index (χ2n) is 5.50. The first-order chi connectivity index (χ1) is 11.1. The summed E-state index contributed by atoms with van der Waals surface area (Å²) >= 11 is 3.39. The first-order valence-corrected chi connectivity index (χ1v) is 7.98. The standard InChI is InChI=1S/C18H13BrN2O2/c1-10-6-12-7-14(4-5-15(12)20-10)21-18(22)17-8-11-2-3-13(19)9-16(11)23-17/h2-9,20H,1H3,(H,21,22). The minimum Gasteiger partial charge on any atom is -0.451 e. The van der Waals surface area contributed by atoms with Crippen molar-refractivity contribution in [2.75, 3.05) is 5.32 Å². The number of carbonyl (C=O) groups excluding carboxylic acids is 1. The van der Waals surface area contributed by atoms with Gasteiger partial charge in [-0.25, -0.2) is 0 Å². The van der Waals surface area contributed by atoms with Gasteiger partial charge in [0.2, 0.25) is 0 Å². The second kappa shape index (κ2) is 5.28. The number of furan rings is 1. The highest BCUT2D eigenvalue weighted by atomic mass is 79.9. The number of benzene rings is 2. The summed E-state index contributed by atoms with van der Waals surface area (Å²) in [5.74, 6) is 0.0346. The molecule has 114 valence electrons. The fourth-order valence-corrected chi connectivity index (χ4v) is 3.01. The third kappa shape index (κ3) is 2.64. The lowest BCUT2D eigenvalue weighted by molar-refractivity contribution is 0.0998. The van der Waals surface area contributed by atoms with E-state index < -0.39 is 0 Å². The summed E-state index contributed by atoms with van der Waals surface area (Å²) in [5, 5.41) is 4.84. The van der Waals surface area contributed by atoms with Gasteiger partial charge in [-0.15, -0.1) is 0 Å². The van der Waals surface area contributed by atoms with E-state index in [0.717, 1.165) is 32.1 Å². The maximum absolute atomic E-state index is 12.4. The van der Waals surface area contributed by atoms with Crippen molar-refractivity contribution in [1.29, 1.82) is 0 Å². The third-order valence-electron chi connectivity index (χ3n) is 3.72. The molecule has 0 aliphatic rings. The van der Waals surface area contributed by atoms with Gasteiger partial charge in [-0.2, -0.15) is 0 Å². The molecule has 4 aromatic rings. The van der Waals surface area contributed by atoms with E-state index in [1.54, 1.807) is 6.07 Å². The Bertz CT molecular complexity index is 1050. The summed E-state index contributed by atoms with van der Waals surface area (Å²) in [7, 11) is 0. The van der Waals surface area contributed by atoms with Gasteiger partial charge in [0.25, 0.3) is 5.91 Å². The van der Waals surface area contributed by atoms with E-state index >= 15 is 0 Å². The number of hydrogen-bond donors (Lipinski definition) is 2. The van der Waals surface area contributed by atoms with Crippen LogP contribution in [-0.2, 0) is 0 Å². The highest BCUT2D eigenvalue weighted by Crippen LogP contribution is 2.25. The first kappa shape index (κ1) is 14.1. The number of H-pyrrole nitrogens is 1. The van der Waals surface area contributed by atoms with Crippen LogP contribution in [0.25, 0.3) is 21.9 Å². The Kier molecular flexibility index (Phi) is 3.23. The Morgan fingerprint density at radius 3 is 2.83 bits per heavy atom. The van der Waals surface area contributed by atoms with Gasteiger partial charge in [0.1, 0.15) is 5.58 Å². The smallest absolute Gasteiger partial charge is 0.291 e. The molecule has 0 aliphatic carbocycles. The second-order valence-corrected chi connectivity index (χ2v) is 6.42. The highest BCUT2D eigenvalue weighted by molar-refractivity contribution is 9.10. The van der Waals surface area contributed by atoms with Gasteiger partial charge >= 0.3 is 0 Å². The van der Waals surface area contributed by atoms with Crippen molar-refractivity contribution >= 4 is 49.4 Å². The molecule has 4 nitrogen and oxygen atoms in total. The van der Waals surface area contributed by atoms with Crippen LogP contribution >= 0.6 is 15.9 Å². The molecule has 4 rings (SSSR count). The minimum absolute atomic E-state index is 0.260. The molecule has 0 saturated heterocycles. The van der Waals surface area contributed by atoms with Crippen molar-refractivity contribution < 1.29 is 9.21 Å². The Labute approximate surface area is 140 Å². The molecule has 2 N–H and O–H groups in total. The molecule has 0 atom stereocenters. The van der Waals surface area contributed by atoms with E-state index in [2.05, 4.69) is 26.2 Å². The Balaban J connectivity index is 1.64. The largest absolute Gasteiger partial charge is 0.451 e. The van der Waals surface area contributed by atoms with Gasteiger partial charge in [0.15, 0.2) is 5.76 Å². The van der Waals surface area contributed by atoms with Gasteiger partial charge in [-0.1, -0.05) is 15.9 Å². The van der Waals surface area contributed by atoms with Crippen LogP contribution in [0.2, 0.25) is 0 Å². The number of anilines is 1. The normalized spacial score (nSPS) is 11.2. The summed E-state index contributed by atoms with van der Waals surface area (Å²) in [6.45, 7) is 2.00. The summed E-state index contributed by atoms with van der Waals surface area (Å²) in [6.07, 6.45) is 0. The van der Waals surface area contributed by atoms with Gasteiger partial charge in [-0.05, 0) is 55.5 Å². The molecule has 23 heavy (non-hydrogen) atoms. The molecule has 1 amide bonds. The van der Waals surface area contributed by atoms with Crippen molar-refractivity contribution in [2.24, 2.45) is 0 Å². The van der Waals surface area contributed by atoms with Crippen molar-refractivity contribution in [3.05, 3.63) is 64.5 Å². The summed E-state index contributed by atoms with van der Waals surface area (Å²) in [6, 6.07) is 15.2. The molecule has 2 aromatic heterocycles. The van der Waals surface area contributed by atoms with E-state index in [-0.39, 0.29) is 5.91 Å². The highest BCUT2D eigenvalue weighted by Gasteiger charge is 2.13. The SMILES string of the molecule is Cc1cc2cc(NC(=O)c3cc4ccc(Br)cc4o3)ccc2[nH]1. The van der Waals surface area contributed by atoms with E-state index in [9.17, 15) is 4.79 Å². The fraction of sp³-hybridized carbons (Fsp3) is 0.0556. The number of nitrogens with one attached hydrogen (secondary N) is 2. The van der Waals surface area contributed by atoms with Crippen LogP contribution < -0.4 is 5.32 Å². The van der Waals surface area contributed by atoms with Crippen LogP contribution in [0.15, 0.2) is 57.4 Å². The quantitative estimate of drug-likeness (QED) is 0.508. The minimum atomic E-state index is -0.260. The van der Waals surface area contributed by atoms with Gasteiger partial charge in [0.05, 0.1) is 0 Å². The lowest BCUT2D eigenvalue weighted by Crippen LogP contribution is -2.10. The number of amides is 1. The lowest BCUT2D eigenvalue weighted by atomic mass is 10.2. The average molecular weight is 369 g/mol. The molecule has 0 radical (unpaired) electrons. The zero-order chi connectivity index (χ0) is 16.0. The topological polar surface area (TPSA) is 58.0 Å².